The maximum Gasteiger partial charge on any atom is 0.157 e. The minimum absolute atomic E-state index is 0. The fourth-order valence-corrected chi connectivity index (χ4v) is 2.45. The summed E-state index contributed by atoms with van der Waals surface area (Å²) in [5.41, 5.74) is 3.98. The zero-order chi connectivity index (χ0) is 28.5. The van der Waals surface area contributed by atoms with Crippen LogP contribution in [0, 0.1) is 27.7 Å². The second kappa shape index (κ2) is 19.4. The first-order chi connectivity index (χ1) is 17.4. The quantitative estimate of drug-likeness (QED) is 0.122. The van der Waals surface area contributed by atoms with Crippen LogP contribution in [0.4, 0.5) is 0 Å². The van der Waals surface area contributed by atoms with Gasteiger partial charge in [0.05, 0.1) is 0 Å². The van der Waals surface area contributed by atoms with E-state index in [-0.39, 0.29) is 60.7 Å². The Balaban J connectivity index is 0. The molecule has 0 unspecified atom stereocenters. The molecule has 0 atom stereocenters. The third-order valence-electron chi connectivity index (χ3n) is 4.43. The van der Waals surface area contributed by atoms with E-state index in [1.54, 1.807) is 30.3 Å². The number of aliphatic hydroxyl groups is 1. The van der Waals surface area contributed by atoms with Crippen LogP contribution in [0.25, 0.3) is 0 Å². The van der Waals surface area contributed by atoms with Gasteiger partial charge in [0.1, 0.15) is 5.75 Å². The van der Waals surface area contributed by atoms with E-state index in [2.05, 4.69) is 0 Å². The number of aliphatic hydroxyl groups excluding tert-OH is 1. The van der Waals surface area contributed by atoms with Gasteiger partial charge in [0.2, 0.25) is 0 Å². The van der Waals surface area contributed by atoms with Crippen molar-refractivity contribution in [1.82, 2.24) is 0 Å². The molecule has 4 rings (SSSR count). The molecule has 8 nitrogen and oxygen atoms in total. The summed E-state index contributed by atoms with van der Waals surface area (Å²) in [6, 6.07) is 21.2. The summed E-state index contributed by atoms with van der Waals surface area (Å²) < 4.78 is 0. The van der Waals surface area contributed by atoms with Gasteiger partial charge in [-0.2, -0.15) is 0 Å². The summed E-state index contributed by atoms with van der Waals surface area (Å²) in [6.45, 7) is 7.52. The van der Waals surface area contributed by atoms with Crippen molar-refractivity contribution in [1.29, 1.82) is 0 Å². The Morgan fingerprint density at radius 2 is 0.579 bits per heavy atom. The second-order valence-corrected chi connectivity index (χ2v) is 7.81. The molecule has 9 heteroatoms. The predicted molar refractivity (Wildman–Crippen MR) is 145 cm³/mol. The fourth-order valence-electron chi connectivity index (χ4n) is 2.45. The van der Waals surface area contributed by atoms with Crippen LogP contribution in [0.15, 0.2) is 78.9 Å². The van der Waals surface area contributed by atoms with E-state index in [4.69, 9.17) is 40.9 Å². The van der Waals surface area contributed by atoms with Gasteiger partial charge < -0.3 is 40.9 Å². The van der Waals surface area contributed by atoms with E-state index < -0.39 is 0 Å². The van der Waals surface area contributed by atoms with Crippen LogP contribution < -0.4 is 0 Å². The Bertz CT molecular complexity index is 1070. The third kappa shape index (κ3) is 15.4. The molecule has 0 saturated carbocycles. The first kappa shape index (κ1) is 36.5. The Morgan fingerprint density at radius 1 is 0.342 bits per heavy atom. The van der Waals surface area contributed by atoms with Crippen LogP contribution >= 0.6 is 0 Å². The predicted octanol–water partition coefficient (Wildman–Crippen LogP) is 5.53. The summed E-state index contributed by atoms with van der Waals surface area (Å²) in [7, 11) is 1.00. The maximum atomic E-state index is 8.85. The molecular weight excluding hydrogens is 568 g/mol. The number of phenols is 7. The Morgan fingerprint density at radius 3 is 0.763 bits per heavy atom. The van der Waals surface area contributed by atoms with Crippen molar-refractivity contribution in [3.63, 3.8) is 0 Å². The molecular formula is C29H36O8Zr. The van der Waals surface area contributed by atoms with Gasteiger partial charge in [0.15, 0.2) is 34.5 Å². The average molecular weight is 604 g/mol. The van der Waals surface area contributed by atoms with Gasteiger partial charge >= 0.3 is 0 Å². The van der Waals surface area contributed by atoms with Gasteiger partial charge in [0, 0.05) is 33.3 Å². The zero-order valence-corrected chi connectivity index (χ0v) is 24.5. The SMILES string of the molecule is CO.Cc1ccc(O)c(O)c1.Cc1ccc(O)c(O)c1.Cc1ccc(O)c(O)c1.Cc1ccc(O)cc1.[Zr]. The smallest absolute Gasteiger partial charge is 0.157 e. The topological polar surface area (TPSA) is 162 Å². The van der Waals surface area contributed by atoms with Gasteiger partial charge in [-0.15, -0.1) is 0 Å². The Kier molecular flexibility index (Phi) is 18.7. The summed E-state index contributed by atoms with van der Waals surface area (Å²) in [6.07, 6.45) is 0. The van der Waals surface area contributed by atoms with Crippen LogP contribution in [0.2, 0.25) is 0 Å². The molecule has 38 heavy (non-hydrogen) atoms. The summed E-state index contributed by atoms with van der Waals surface area (Å²) in [5.74, 6) is -0.0580. The molecule has 0 amide bonds. The number of aryl methyl sites for hydroxylation is 4. The molecule has 0 spiro atoms. The number of hydrogen-bond acceptors (Lipinski definition) is 8. The number of aromatic hydroxyl groups is 7. The first-order valence-corrected chi connectivity index (χ1v) is 11.0. The molecule has 4 aromatic rings. The van der Waals surface area contributed by atoms with Gasteiger partial charge in [0.25, 0.3) is 0 Å². The molecule has 0 saturated heterocycles. The van der Waals surface area contributed by atoms with Gasteiger partial charge in [-0.3, -0.25) is 0 Å². The summed E-state index contributed by atoms with van der Waals surface area (Å²) >= 11 is 0. The van der Waals surface area contributed by atoms with Gasteiger partial charge in [-0.1, -0.05) is 35.9 Å². The second-order valence-electron chi connectivity index (χ2n) is 7.81. The molecule has 0 aromatic heterocycles. The van der Waals surface area contributed by atoms with Crippen molar-refractivity contribution in [2.45, 2.75) is 27.7 Å². The molecule has 0 heterocycles. The minimum Gasteiger partial charge on any atom is -0.508 e. The maximum absolute atomic E-state index is 8.85. The van der Waals surface area contributed by atoms with Crippen LogP contribution in [0.1, 0.15) is 22.3 Å². The molecule has 0 bridgehead atoms. The summed E-state index contributed by atoms with van der Waals surface area (Å²) in [4.78, 5) is 0. The van der Waals surface area contributed by atoms with Crippen LogP contribution in [0.3, 0.4) is 0 Å². The van der Waals surface area contributed by atoms with Crippen molar-refractivity contribution in [3.05, 3.63) is 101 Å². The third-order valence-corrected chi connectivity index (χ3v) is 4.43. The number of rotatable bonds is 0. The molecule has 4 aromatic carbocycles. The van der Waals surface area contributed by atoms with Crippen LogP contribution in [-0.2, 0) is 26.2 Å². The van der Waals surface area contributed by atoms with Crippen molar-refractivity contribution < 1.29 is 67.1 Å². The van der Waals surface area contributed by atoms with E-state index in [0.29, 0.717) is 5.75 Å². The van der Waals surface area contributed by atoms with Crippen molar-refractivity contribution in [2.75, 3.05) is 7.11 Å². The first-order valence-electron chi connectivity index (χ1n) is 11.0. The fraction of sp³-hybridized carbons (Fsp3) is 0.172. The Labute approximate surface area is 242 Å². The van der Waals surface area contributed by atoms with Crippen molar-refractivity contribution in [2.24, 2.45) is 0 Å². The largest absolute Gasteiger partial charge is 0.508 e. The van der Waals surface area contributed by atoms with Crippen molar-refractivity contribution >= 4 is 0 Å². The van der Waals surface area contributed by atoms with E-state index in [1.165, 1.54) is 42.0 Å². The zero-order valence-electron chi connectivity index (χ0n) is 22.1. The summed E-state index contributed by atoms with van der Waals surface area (Å²) in [5, 5.41) is 68.7. The molecule has 0 aliphatic carbocycles. The van der Waals surface area contributed by atoms with E-state index >= 15 is 0 Å². The Hall–Kier alpha value is -3.68. The standard InChI is InChI=1S/3C7H8O2.C7H8O.CH4O.Zr/c3*1-5-2-3-6(8)7(9)4-5;1-6-2-4-7(8)5-3-6;1-2;/h3*2-4,8-9H,1H3;2-5,8H,1H3;2H,1H3;. The number of benzene rings is 4. The van der Waals surface area contributed by atoms with Crippen LogP contribution in [0.5, 0.6) is 40.2 Å². The average Bonchev–Trinajstić information content (AvgIpc) is 2.86. The van der Waals surface area contributed by atoms with Crippen LogP contribution in [-0.4, -0.2) is 48.0 Å². The van der Waals surface area contributed by atoms with Crippen molar-refractivity contribution in [3.8, 4) is 40.2 Å². The minimum atomic E-state index is -0.0689. The number of hydrogen-bond donors (Lipinski definition) is 8. The van der Waals surface area contributed by atoms with E-state index in [9.17, 15) is 0 Å². The molecule has 8 N–H and O–H groups in total. The van der Waals surface area contributed by atoms with Gasteiger partial charge in [-0.05, 0) is 92.9 Å². The molecule has 0 fully saturated rings. The molecule has 0 aliphatic rings. The molecule has 204 valence electrons. The van der Waals surface area contributed by atoms with Gasteiger partial charge in [-0.25, -0.2) is 0 Å². The normalized spacial score (nSPS) is 8.79. The molecule has 0 radical (unpaired) electrons. The molecule has 0 aliphatic heterocycles. The van der Waals surface area contributed by atoms with E-state index in [1.807, 2.05) is 39.8 Å². The number of phenolic OH excluding ortho intramolecular Hbond substituents is 7. The van der Waals surface area contributed by atoms with E-state index in [0.717, 1.165) is 23.8 Å². The monoisotopic (exact) mass is 602 g/mol.